The Morgan fingerprint density at radius 3 is 2.59 bits per heavy atom. The summed E-state index contributed by atoms with van der Waals surface area (Å²) >= 11 is 0. The Morgan fingerprint density at radius 2 is 1.88 bits per heavy atom. The van der Waals surface area contributed by atoms with Crippen molar-refractivity contribution < 1.29 is 32.3 Å². The second-order valence-electron chi connectivity index (χ2n) is 7.43. The Morgan fingerprint density at radius 1 is 1.16 bits per heavy atom. The number of sulfonamides is 1. The molecule has 2 aliphatic rings. The molecule has 4 amide bonds. The van der Waals surface area contributed by atoms with E-state index < -0.39 is 40.0 Å². The highest BCUT2D eigenvalue weighted by atomic mass is 32.2. The lowest BCUT2D eigenvalue weighted by atomic mass is 9.91. The third-order valence-corrected chi connectivity index (χ3v) is 6.05. The van der Waals surface area contributed by atoms with E-state index in [0.717, 1.165) is 4.90 Å². The van der Waals surface area contributed by atoms with Gasteiger partial charge in [-0.2, -0.15) is 0 Å². The van der Waals surface area contributed by atoms with E-state index in [1.165, 1.54) is 31.2 Å². The van der Waals surface area contributed by atoms with E-state index in [9.17, 15) is 22.8 Å². The van der Waals surface area contributed by atoms with E-state index in [1.54, 1.807) is 18.2 Å². The average Bonchev–Trinajstić information content (AvgIpc) is 2.97. The summed E-state index contributed by atoms with van der Waals surface area (Å²) in [7, 11) is -3.95. The molecule has 0 aliphatic carbocycles. The van der Waals surface area contributed by atoms with Gasteiger partial charge in [-0.15, -0.1) is 0 Å². The summed E-state index contributed by atoms with van der Waals surface area (Å²) in [6.45, 7) is 1.76. The second kappa shape index (κ2) is 7.80. The van der Waals surface area contributed by atoms with E-state index in [4.69, 9.17) is 14.6 Å². The monoisotopic (exact) mass is 460 g/mol. The molecule has 4 N–H and O–H groups in total. The van der Waals surface area contributed by atoms with Gasteiger partial charge < -0.3 is 20.1 Å². The Labute approximate surface area is 183 Å². The minimum absolute atomic E-state index is 0.156. The maximum Gasteiger partial charge on any atom is 0.325 e. The fourth-order valence-corrected chi connectivity index (χ4v) is 4.05. The van der Waals surface area contributed by atoms with Gasteiger partial charge in [0.1, 0.15) is 25.3 Å². The van der Waals surface area contributed by atoms with Gasteiger partial charge in [-0.3, -0.25) is 14.5 Å². The van der Waals surface area contributed by atoms with Crippen LogP contribution in [0.1, 0.15) is 12.5 Å². The largest absolute Gasteiger partial charge is 0.486 e. The van der Waals surface area contributed by atoms with Crippen molar-refractivity contribution >= 4 is 33.6 Å². The molecule has 2 aliphatic heterocycles. The van der Waals surface area contributed by atoms with E-state index >= 15 is 0 Å². The number of hydrogen-bond acceptors (Lipinski definition) is 7. The molecule has 0 aromatic heterocycles. The second-order valence-corrected chi connectivity index (χ2v) is 8.99. The fourth-order valence-electron chi connectivity index (χ4n) is 3.49. The van der Waals surface area contributed by atoms with Crippen LogP contribution in [-0.2, 0) is 25.2 Å². The van der Waals surface area contributed by atoms with E-state index in [-0.39, 0.29) is 10.6 Å². The number of carbonyl (C=O) groups is 3. The number of anilines is 1. The number of ether oxygens (including phenoxy) is 2. The van der Waals surface area contributed by atoms with E-state index in [2.05, 4.69) is 10.6 Å². The summed E-state index contributed by atoms with van der Waals surface area (Å²) in [5, 5.41) is 10.2. The van der Waals surface area contributed by atoms with Crippen LogP contribution in [0.15, 0.2) is 47.4 Å². The number of urea groups is 1. The van der Waals surface area contributed by atoms with Crippen molar-refractivity contribution in [2.24, 2.45) is 5.14 Å². The normalized spacial score (nSPS) is 20.1. The van der Waals surface area contributed by atoms with Crippen molar-refractivity contribution in [3.63, 3.8) is 0 Å². The number of fused-ring (bicyclic) bond motifs is 1. The molecule has 1 fully saturated rings. The van der Waals surface area contributed by atoms with Gasteiger partial charge in [0.2, 0.25) is 15.9 Å². The van der Waals surface area contributed by atoms with Crippen LogP contribution in [0, 0.1) is 0 Å². The number of benzene rings is 2. The topological polar surface area (TPSA) is 157 Å². The Hall–Kier alpha value is -3.64. The molecule has 12 heteroatoms. The van der Waals surface area contributed by atoms with Crippen LogP contribution < -0.4 is 25.2 Å². The molecular formula is C20H20N4O7S. The zero-order valence-electron chi connectivity index (χ0n) is 17.0. The standard InChI is InChI=1S/C20H20N4O7S/c1-20(12-5-6-15-16(9-12)31-8-7-30-15)18(26)24(19(27)23-20)11-17(25)22-13-3-2-4-14(10-13)32(21,28)29/h2-6,9-10H,7-8,11H2,1H3,(H,22,25)(H,23,27)(H2,21,28,29). The number of amides is 4. The molecule has 1 atom stereocenters. The van der Waals surface area contributed by atoms with Crippen molar-refractivity contribution in [1.29, 1.82) is 0 Å². The lowest BCUT2D eigenvalue weighted by Gasteiger charge is -2.25. The first kappa shape index (κ1) is 21.6. The lowest BCUT2D eigenvalue weighted by molar-refractivity contribution is -0.133. The van der Waals surface area contributed by atoms with Gasteiger partial charge in [-0.1, -0.05) is 12.1 Å². The molecular weight excluding hydrogens is 440 g/mol. The predicted molar refractivity (Wildman–Crippen MR) is 111 cm³/mol. The van der Waals surface area contributed by atoms with Crippen LogP contribution in [0.5, 0.6) is 11.5 Å². The van der Waals surface area contributed by atoms with Crippen LogP contribution >= 0.6 is 0 Å². The minimum atomic E-state index is -3.95. The number of nitrogens with zero attached hydrogens (tertiary/aromatic N) is 1. The number of primary sulfonamides is 1. The molecule has 4 rings (SSSR count). The van der Waals surface area contributed by atoms with Crippen molar-refractivity contribution in [2.45, 2.75) is 17.4 Å². The van der Waals surface area contributed by atoms with Gasteiger partial charge in [-0.25, -0.2) is 18.4 Å². The highest BCUT2D eigenvalue weighted by molar-refractivity contribution is 7.89. The summed E-state index contributed by atoms with van der Waals surface area (Å²) < 4.78 is 34.0. The van der Waals surface area contributed by atoms with Gasteiger partial charge in [-0.05, 0) is 42.8 Å². The first-order valence-corrected chi connectivity index (χ1v) is 11.1. The molecule has 0 bridgehead atoms. The van der Waals surface area contributed by atoms with E-state index in [0.29, 0.717) is 30.3 Å². The third kappa shape index (κ3) is 3.97. The molecule has 2 heterocycles. The molecule has 32 heavy (non-hydrogen) atoms. The maximum atomic E-state index is 13.1. The SMILES string of the molecule is CC1(c2ccc3c(c2)OCCO3)NC(=O)N(CC(=O)Nc2cccc(S(N)(=O)=O)c2)C1=O. The quantitative estimate of drug-likeness (QED) is 0.549. The van der Waals surface area contributed by atoms with Crippen LogP contribution in [0.3, 0.4) is 0 Å². The molecule has 2 aromatic rings. The zero-order valence-corrected chi connectivity index (χ0v) is 17.8. The van der Waals surface area contributed by atoms with Crippen molar-refractivity contribution in [3.8, 4) is 11.5 Å². The molecule has 11 nitrogen and oxygen atoms in total. The van der Waals surface area contributed by atoms with Crippen molar-refractivity contribution in [2.75, 3.05) is 25.1 Å². The number of carbonyl (C=O) groups excluding carboxylic acids is 3. The summed E-state index contributed by atoms with van der Waals surface area (Å²) in [5.41, 5.74) is -0.771. The number of hydrogen-bond donors (Lipinski definition) is 3. The summed E-state index contributed by atoms with van der Waals surface area (Å²) in [4.78, 5) is 38.6. The number of nitrogens with two attached hydrogens (primary N) is 1. The van der Waals surface area contributed by atoms with Gasteiger partial charge in [0.25, 0.3) is 5.91 Å². The van der Waals surface area contributed by atoms with Crippen LogP contribution in [0.4, 0.5) is 10.5 Å². The van der Waals surface area contributed by atoms with Crippen LogP contribution in [0.2, 0.25) is 0 Å². The van der Waals surface area contributed by atoms with E-state index in [1.807, 2.05) is 0 Å². The molecule has 0 radical (unpaired) electrons. The summed E-state index contributed by atoms with van der Waals surface area (Å²) in [6.07, 6.45) is 0. The fraction of sp³-hybridized carbons (Fsp3) is 0.250. The highest BCUT2D eigenvalue weighted by Crippen LogP contribution is 2.36. The smallest absolute Gasteiger partial charge is 0.325 e. The Balaban J connectivity index is 1.50. The zero-order chi connectivity index (χ0) is 23.1. The number of rotatable bonds is 5. The molecule has 0 spiro atoms. The first-order valence-electron chi connectivity index (χ1n) is 9.55. The molecule has 2 aromatic carbocycles. The number of imide groups is 1. The van der Waals surface area contributed by atoms with Crippen molar-refractivity contribution in [3.05, 3.63) is 48.0 Å². The van der Waals surface area contributed by atoms with Crippen molar-refractivity contribution in [1.82, 2.24) is 10.2 Å². The van der Waals surface area contributed by atoms with Crippen LogP contribution in [-0.4, -0.2) is 50.9 Å². The molecule has 168 valence electrons. The third-order valence-electron chi connectivity index (χ3n) is 5.14. The van der Waals surface area contributed by atoms with Crippen LogP contribution in [0.25, 0.3) is 0 Å². The summed E-state index contributed by atoms with van der Waals surface area (Å²) in [5.74, 6) is -0.305. The van der Waals surface area contributed by atoms with Gasteiger partial charge >= 0.3 is 6.03 Å². The van der Waals surface area contributed by atoms with Gasteiger partial charge in [0.05, 0.1) is 4.90 Å². The Kier molecular flexibility index (Phi) is 5.26. The maximum absolute atomic E-state index is 13.1. The predicted octanol–water partition coefficient (Wildman–Crippen LogP) is 0.511. The number of nitrogens with one attached hydrogen (secondary N) is 2. The lowest BCUT2D eigenvalue weighted by Crippen LogP contribution is -2.42. The molecule has 1 unspecified atom stereocenters. The average molecular weight is 460 g/mol. The minimum Gasteiger partial charge on any atom is -0.486 e. The Bertz CT molecular complexity index is 1230. The molecule has 1 saturated heterocycles. The molecule has 0 saturated carbocycles. The summed E-state index contributed by atoms with van der Waals surface area (Å²) in [6, 6.07) is 9.51. The first-order chi connectivity index (χ1) is 15.1. The van der Waals surface area contributed by atoms with Gasteiger partial charge in [0.15, 0.2) is 11.5 Å². The van der Waals surface area contributed by atoms with Gasteiger partial charge in [0, 0.05) is 5.69 Å². The highest BCUT2D eigenvalue weighted by Gasteiger charge is 2.49.